The lowest BCUT2D eigenvalue weighted by molar-refractivity contribution is -0.138. The first-order valence-corrected chi connectivity index (χ1v) is 3.98. The molecule has 0 spiro atoms. The van der Waals surface area contributed by atoms with Gasteiger partial charge in [0.2, 0.25) is 5.88 Å². The third kappa shape index (κ3) is 1.99. The van der Waals surface area contributed by atoms with Gasteiger partial charge in [0.25, 0.3) is 0 Å². The maximum atomic E-state index is 13.1. The monoisotopic (exact) mass is 199 g/mol. The molecule has 4 nitrogen and oxygen atoms in total. The highest BCUT2D eigenvalue weighted by atomic mass is 19.1. The van der Waals surface area contributed by atoms with E-state index in [-0.39, 0.29) is 11.4 Å². The largest absolute Gasteiger partial charge is 0.481 e. The van der Waals surface area contributed by atoms with Crippen LogP contribution in [0.15, 0.2) is 12.3 Å². The van der Waals surface area contributed by atoms with Gasteiger partial charge in [0, 0.05) is 11.6 Å². The van der Waals surface area contributed by atoms with Gasteiger partial charge in [0.15, 0.2) is 0 Å². The van der Waals surface area contributed by atoms with Crippen molar-refractivity contribution in [2.75, 3.05) is 7.11 Å². The van der Waals surface area contributed by atoms with E-state index in [1.54, 1.807) is 0 Å². The fourth-order valence-corrected chi connectivity index (χ4v) is 1.01. The highest BCUT2D eigenvalue weighted by molar-refractivity contribution is 5.75. The number of rotatable bonds is 3. The molecule has 14 heavy (non-hydrogen) atoms. The van der Waals surface area contributed by atoms with Gasteiger partial charge >= 0.3 is 5.97 Å². The van der Waals surface area contributed by atoms with Crippen LogP contribution in [0.1, 0.15) is 18.4 Å². The van der Waals surface area contributed by atoms with Crippen molar-refractivity contribution in [2.45, 2.75) is 12.8 Å². The molecule has 0 fully saturated rings. The molecule has 0 aliphatic heterocycles. The van der Waals surface area contributed by atoms with Crippen LogP contribution in [0, 0.1) is 5.82 Å². The maximum absolute atomic E-state index is 13.1. The topological polar surface area (TPSA) is 59.4 Å². The van der Waals surface area contributed by atoms with E-state index >= 15 is 0 Å². The molecule has 0 aliphatic carbocycles. The summed E-state index contributed by atoms with van der Waals surface area (Å²) in [6.45, 7) is 1.40. The molecule has 0 radical (unpaired) electrons. The third-order valence-corrected chi connectivity index (χ3v) is 1.91. The molecule has 76 valence electrons. The quantitative estimate of drug-likeness (QED) is 0.799. The van der Waals surface area contributed by atoms with E-state index in [0.717, 1.165) is 6.20 Å². The minimum absolute atomic E-state index is 0.0735. The summed E-state index contributed by atoms with van der Waals surface area (Å²) in [5, 5.41) is 8.70. The number of ether oxygens (including phenoxy) is 1. The van der Waals surface area contributed by atoms with Crippen LogP contribution in [-0.4, -0.2) is 23.2 Å². The van der Waals surface area contributed by atoms with Crippen molar-refractivity contribution < 1.29 is 19.0 Å². The summed E-state index contributed by atoms with van der Waals surface area (Å²) >= 11 is 0. The minimum atomic E-state index is -1.09. The number of carbonyl (C=O) groups is 1. The molecule has 0 bridgehead atoms. The Morgan fingerprint density at radius 2 is 2.36 bits per heavy atom. The van der Waals surface area contributed by atoms with E-state index in [0.29, 0.717) is 0 Å². The maximum Gasteiger partial charge on any atom is 0.310 e. The minimum Gasteiger partial charge on any atom is -0.481 e. The molecule has 0 aromatic carbocycles. The molecule has 0 aliphatic rings. The van der Waals surface area contributed by atoms with Gasteiger partial charge in [-0.05, 0) is 6.92 Å². The van der Waals surface area contributed by atoms with Crippen molar-refractivity contribution in [2.24, 2.45) is 0 Å². The highest BCUT2D eigenvalue weighted by Gasteiger charge is 2.18. The number of halogens is 1. The van der Waals surface area contributed by atoms with E-state index in [4.69, 9.17) is 9.84 Å². The number of hydrogen-bond donors (Lipinski definition) is 1. The van der Waals surface area contributed by atoms with Crippen molar-refractivity contribution in [1.82, 2.24) is 4.98 Å². The zero-order valence-corrected chi connectivity index (χ0v) is 7.82. The molecule has 0 unspecified atom stereocenters. The van der Waals surface area contributed by atoms with Gasteiger partial charge < -0.3 is 9.84 Å². The summed E-state index contributed by atoms with van der Waals surface area (Å²) in [4.78, 5) is 14.2. The number of nitrogens with zero attached hydrogens (tertiary/aromatic N) is 1. The third-order valence-electron chi connectivity index (χ3n) is 1.91. The predicted octanol–water partition coefficient (Wildman–Crippen LogP) is 1.42. The number of aromatic nitrogens is 1. The summed E-state index contributed by atoms with van der Waals surface area (Å²) in [5.74, 6) is -2.43. The van der Waals surface area contributed by atoms with E-state index in [9.17, 15) is 9.18 Å². The second-order valence-corrected chi connectivity index (χ2v) is 2.81. The summed E-state index contributed by atoms with van der Waals surface area (Å²) in [6, 6.07) is 1.29. The van der Waals surface area contributed by atoms with Crippen LogP contribution >= 0.6 is 0 Å². The molecule has 0 saturated carbocycles. The highest BCUT2D eigenvalue weighted by Crippen LogP contribution is 2.21. The zero-order valence-electron chi connectivity index (χ0n) is 7.82. The second-order valence-electron chi connectivity index (χ2n) is 2.81. The number of aliphatic carboxylic acids is 1. The Morgan fingerprint density at radius 3 is 2.86 bits per heavy atom. The molecule has 5 heteroatoms. The van der Waals surface area contributed by atoms with E-state index in [2.05, 4.69) is 4.98 Å². The Morgan fingerprint density at radius 1 is 1.71 bits per heavy atom. The number of methoxy groups -OCH3 is 1. The van der Waals surface area contributed by atoms with E-state index in [1.165, 1.54) is 20.1 Å². The standard InChI is InChI=1S/C9H10FNO3/c1-5(9(12)13)6-3-8(14-2)11-4-7(6)10/h3-5H,1-2H3,(H,12,13)/t5-/m1/s1. The molecule has 0 amide bonds. The van der Waals surface area contributed by atoms with Crippen molar-refractivity contribution in [3.63, 3.8) is 0 Å². The Kier molecular flexibility index (Phi) is 3.01. The smallest absolute Gasteiger partial charge is 0.310 e. The molecule has 1 aromatic rings. The normalized spacial score (nSPS) is 12.2. The van der Waals surface area contributed by atoms with Crippen molar-refractivity contribution in [3.8, 4) is 5.88 Å². The van der Waals surface area contributed by atoms with Crippen molar-refractivity contribution >= 4 is 5.97 Å². The SMILES string of the molecule is COc1cc([C@@H](C)C(=O)O)c(F)cn1. The Bertz CT molecular complexity index is 354. The zero-order chi connectivity index (χ0) is 10.7. The summed E-state index contributed by atoms with van der Waals surface area (Å²) in [6.07, 6.45) is 0.952. The van der Waals surface area contributed by atoms with Gasteiger partial charge in [-0.3, -0.25) is 4.79 Å². The van der Waals surface area contributed by atoms with Crippen LogP contribution in [0.3, 0.4) is 0 Å². The Balaban J connectivity index is 3.11. The van der Waals surface area contributed by atoms with Gasteiger partial charge in [-0.1, -0.05) is 0 Å². The van der Waals surface area contributed by atoms with Crippen LogP contribution in [0.5, 0.6) is 5.88 Å². The summed E-state index contributed by atoms with van der Waals surface area (Å²) < 4.78 is 17.9. The van der Waals surface area contributed by atoms with Crippen molar-refractivity contribution in [1.29, 1.82) is 0 Å². The van der Waals surface area contributed by atoms with Crippen LogP contribution in [0.4, 0.5) is 4.39 Å². The molecule has 0 saturated heterocycles. The van der Waals surface area contributed by atoms with Gasteiger partial charge in [-0.25, -0.2) is 9.37 Å². The molecule has 1 N–H and O–H groups in total. The lowest BCUT2D eigenvalue weighted by Gasteiger charge is -2.08. The van der Waals surface area contributed by atoms with Crippen LogP contribution in [0.25, 0.3) is 0 Å². The van der Waals surface area contributed by atoms with Crippen LogP contribution < -0.4 is 4.74 Å². The van der Waals surface area contributed by atoms with Gasteiger partial charge in [0.1, 0.15) is 5.82 Å². The Hall–Kier alpha value is -1.65. The first-order chi connectivity index (χ1) is 6.56. The number of pyridine rings is 1. The lowest BCUT2D eigenvalue weighted by atomic mass is 10.0. The number of carboxylic acid groups (broad SMARTS) is 1. The van der Waals surface area contributed by atoms with E-state index in [1.807, 2.05) is 0 Å². The fourth-order valence-electron chi connectivity index (χ4n) is 1.01. The molecular formula is C9H10FNO3. The first-order valence-electron chi connectivity index (χ1n) is 3.98. The Labute approximate surface area is 80.3 Å². The average Bonchev–Trinajstić information content (AvgIpc) is 2.17. The van der Waals surface area contributed by atoms with Gasteiger partial charge in [0.05, 0.1) is 19.2 Å². The summed E-state index contributed by atoms with van der Waals surface area (Å²) in [7, 11) is 1.38. The average molecular weight is 199 g/mol. The molecule has 1 aromatic heterocycles. The van der Waals surface area contributed by atoms with Crippen molar-refractivity contribution in [3.05, 3.63) is 23.6 Å². The number of carboxylic acids is 1. The van der Waals surface area contributed by atoms with Crippen LogP contribution in [0.2, 0.25) is 0 Å². The fraction of sp³-hybridized carbons (Fsp3) is 0.333. The molecular weight excluding hydrogens is 189 g/mol. The van der Waals surface area contributed by atoms with E-state index < -0.39 is 17.7 Å². The molecule has 1 rings (SSSR count). The van der Waals surface area contributed by atoms with Gasteiger partial charge in [-0.15, -0.1) is 0 Å². The molecule has 1 heterocycles. The first kappa shape index (κ1) is 10.4. The van der Waals surface area contributed by atoms with Crippen LogP contribution in [-0.2, 0) is 4.79 Å². The summed E-state index contributed by atoms with van der Waals surface area (Å²) in [5.41, 5.74) is 0.0735. The second kappa shape index (κ2) is 4.04. The van der Waals surface area contributed by atoms with Gasteiger partial charge in [-0.2, -0.15) is 0 Å². The predicted molar refractivity (Wildman–Crippen MR) is 46.8 cm³/mol. The number of hydrogen-bond acceptors (Lipinski definition) is 3. The molecule has 1 atom stereocenters. The lowest BCUT2D eigenvalue weighted by Crippen LogP contribution is -2.10.